The van der Waals surface area contributed by atoms with Crippen LogP contribution in [0.1, 0.15) is 168 Å². The highest BCUT2D eigenvalue weighted by Gasteiger charge is 2.36. The van der Waals surface area contributed by atoms with Gasteiger partial charge in [0.2, 0.25) is 0 Å². The Morgan fingerprint density at radius 3 is 1.77 bits per heavy atom. The van der Waals surface area contributed by atoms with Crippen LogP contribution in [0.4, 0.5) is 0 Å². The molecule has 0 aliphatic carbocycles. The van der Waals surface area contributed by atoms with Gasteiger partial charge in [-0.25, -0.2) is 4.57 Å². The van der Waals surface area contributed by atoms with Gasteiger partial charge in [0.05, 0.1) is 40.0 Å². The van der Waals surface area contributed by atoms with Gasteiger partial charge in [-0.2, -0.15) is 0 Å². The second kappa shape index (κ2) is 34.8. The molecule has 10 nitrogen and oxygen atoms in total. The van der Waals surface area contributed by atoms with E-state index in [-0.39, 0.29) is 26.1 Å². The molecule has 4 atom stereocenters. The van der Waals surface area contributed by atoms with Crippen molar-refractivity contribution in [1.29, 1.82) is 0 Å². The molecular formula is C46H83NO9P+. The van der Waals surface area contributed by atoms with E-state index >= 15 is 0 Å². The van der Waals surface area contributed by atoms with Crippen molar-refractivity contribution >= 4 is 19.8 Å². The van der Waals surface area contributed by atoms with Crippen molar-refractivity contribution in [3.8, 4) is 0 Å². The average Bonchev–Trinajstić information content (AvgIpc) is 3.92. The van der Waals surface area contributed by atoms with E-state index in [9.17, 15) is 19.0 Å². The number of phosphoric acid groups is 1. The van der Waals surface area contributed by atoms with Gasteiger partial charge in [-0.15, -0.1) is 0 Å². The highest BCUT2D eigenvalue weighted by molar-refractivity contribution is 7.47. The predicted octanol–water partition coefficient (Wildman–Crippen LogP) is 11.7. The van der Waals surface area contributed by atoms with E-state index in [1.807, 2.05) is 21.1 Å². The van der Waals surface area contributed by atoms with Gasteiger partial charge in [0.1, 0.15) is 19.8 Å². The van der Waals surface area contributed by atoms with Crippen LogP contribution >= 0.6 is 7.82 Å². The minimum absolute atomic E-state index is 0.0188. The van der Waals surface area contributed by atoms with Gasteiger partial charge >= 0.3 is 19.8 Å². The van der Waals surface area contributed by atoms with E-state index in [4.69, 9.17) is 23.3 Å². The van der Waals surface area contributed by atoms with Crippen molar-refractivity contribution in [3.05, 3.63) is 48.6 Å². The first kappa shape index (κ1) is 52.9. The summed E-state index contributed by atoms with van der Waals surface area (Å²) in [6, 6.07) is 0. The molecule has 0 aromatic carbocycles. The number of rotatable bonds is 39. The highest BCUT2D eigenvalue weighted by atomic mass is 31.2. The maximum atomic E-state index is 12.7. The molecule has 0 aromatic heterocycles. The van der Waals surface area contributed by atoms with E-state index in [0.717, 1.165) is 57.8 Å². The summed E-state index contributed by atoms with van der Waals surface area (Å²) in [6.07, 6.45) is 41.9. The minimum Gasteiger partial charge on any atom is -0.462 e. The Bertz CT molecular complexity index is 1180. The number of unbranched alkanes of at least 4 members (excludes halogenated alkanes) is 15. The second-order valence-corrected chi connectivity index (χ2v) is 17.9. The molecular weight excluding hydrogens is 741 g/mol. The lowest BCUT2D eigenvalue weighted by molar-refractivity contribution is -0.870. The monoisotopic (exact) mass is 825 g/mol. The molecule has 1 aliphatic heterocycles. The number of ether oxygens (including phenoxy) is 3. The number of quaternary nitrogens is 1. The van der Waals surface area contributed by atoms with Crippen LogP contribution in [0.2, 0.25) is 0 Å². The van der Waals surface area contributed by atoms with Gasteiger partial charge in [0.25, 0.3) is 0 Å². The molecule has 1 rings (SSSR count). The summed E-state index contributed by atoms with van der Waals surface area (Å²) in [5.74, 6) is -0.877. The number of hydrogen-bond acceptors (Lipinski definition) is 8. The molecule has 0 aromatic rings. The topological polar surface area (TPSA) is 121 Å². The number of epoxide rings is 1. The van der Waals surface area contributed by atoms with E-state index in [2.05, 4.69) is 62.5 Å². The molecule has 57 heavy (non-hydrogen) atoms. The fraction of sp³-hybridized carbons (Fsp3) is 0.783. The molecule has 0 radical (unpaired) electrons. The smallest absolute Gasteiger partial charge is 0.462 e. The third-order valence-electron chi connectivity index (χ3n) is 9.73. The van der Waals surface area contributed by atoms with Crippen molar-refractivity contribution in [3.63, 3.8) is 0 Å². The maximum absolute atomic E-state index is 12.7. The Hall–Kier alpha value is -2.07. The van der Waals surface area contributed by atoms with Crippen molar-refractivity contribution in [2.75, 3.05) is 47.5 Å². The lowest BCUT2D eigenvalue weighted by Gasteiger charge is -2.24. The zero-order valence-corrected chi connectivity index (χ0v) is 37.7. The Balaban J connectivity index is 2.32. The fourth-order valence-electron chi connectivity index (χ4n) is 6.04. The lowest BCUT2D eigenvalue weighted by atomic mass is 10.1. The molecule has 1 saturated heterocycles. The number of carbonyl (C=O) groups excluding carboxylic acids is 2. The number of esters is 2. The standard InChI is InChI=1S/C46H82NO9P/c1-6-8-10-12-14-15-16-17-18-19-20-21-24-29-33-37-46(49)55-42(41-54-57(50,51)53-39-38-47(3,4)5)40-52-45(48)36-32-28-25-22-23-27-31-35-44-43(56-44)34-30-26-13-11-9-7-2/h15-16,22,25-27,30-31,42-44H,6-14,17-21,23-24,28-29,32-41H2,1-5H3/p+1/b16-15-,25-22-,30-26-,31-27-/t42-,43?,44?/m1/s1. The van der Waals surface area contributed by atoms with Crippen molar-refractivity contribution in [2.24, 2.45) is 0 Å². The lowest BCUT2D eigenvalue weighted by Crippen LogP contribution is -2.37. The Morgan fingerprint density at radius 2 is 1.12 bits per heavy atom. The first-order valence-electron chi connectivity index (χ1n) is 22.5. The van der Waals surface area contributed by atoms with Crippen LogP contribution in [0.3, 0.4) is 0 Å². The van der Waals surface area contributed by atoms with Gasteiger partial charge in [0, 0.05) is 12.8 Å². The number of phosphoric ester groups is 1. The molecule has 330 valence electrons. The molecule has 0 saturated carbocycles. The average molecular weight is 825 g/mol. The molecule has 3 unspecified atom stereocenters. The normalized spacial score (nSPS) is 17.6. The number of likely N-dealkylation sites (N-methyl/N-ethyl adjacent to an activating group) is 1. The molecule has 1 heterocycles. The number of nitrogens with zero attached hydrogens (tertiary/aromatic N) is 1. The zero-order valence-electron chi connectivity index (χ0n) is 36.8. The SMILES string of the molecule is CCCCC/C=C\CC1OC1C/C=C\C/C=C\CCCC(=O)OC[C@H](COP(=O)(O)OCC[N+](C)(C)C)OC(=O)CCCCCCCCC/C=C\CCCCCC. The molecule has 0 amide bonds. The van der Waals surface area contributed by atoms with Gasteiger partial charge in [-0.1, -0.05) is 127 Å². The summed E-state index contributed by atoms with van der Waals surface area (Å²) >= 11 is 0. The van der Waals surface area contributed by atoms with Gasteiger partial charge < -0.3 is 23.6 Å². The van der Waals surface area contributed by atoms with E-state index in [0.29, 0.717) is 36.1 Å². The summed E-state index contributed by atoms with van der Waals surface area (Å²) in [5.41, 5.74) is 0. The maximum Gasteiger partial charge on any atom is 0.472 e. The zero-order chi connectivity index (χ0) is 41.9. The second-order valence-electron chi connectivity index (χ2n) is 16.5. The van der Waals surface area contributed by atoms with Gasteiger partial charge in [0.15, 0.2) is 6.10 Å². The highest BCUT2D eigenvalue weighted by Crippen LogP contribution is 2.43. The van der Waals surface area contributed by atoms with Crippen molar-refractivity contribution in [2.45, 2.75) is 186 Å². The van der Waals surface area contributed by atoms with Gasteiger partial charge in [-0.3, -0.25) is 18.6 Å². The van der Waals surface area contributed by atoms with Crippen LogP contribution in [0.5, 0.6) is 0 Å². The quantitative estimate of drug-likeness (QED) is 0.0161. The number of carbonyl (C=O) groups is 2. The summed E-state index contributed by atoms with van der Waals surface area (Å²) in [5, 5.41) is 0. The summed E-state index contributed by atoms with van der Waals surface area (Å²) in [4.78, 5) is 35.4. The summed E-state index contributed by atoms with van der Waals surface area (Å²) in [7, 11) is 1.43. The molecule has 1 N–H and O–H groups in total. The van der Waals surface area contributed by atoms with Crippen LogP contribution in [0.25, 0.3) is 0 Å². The number of allylic oxidation sites excluding steroid dienone is 6. The van der Waals surface area contributed by atoms with E-state index < -0.39 is 32.5 Å². The van der Waals surface area contributed by atoms with Crippen molar-refractivity contribution < 1.29 is 46.8 Å². The third kappa shape index (κ3) is 35.6. The first-order chi connectivity index (χ1) is 27.5. The molecule has 11 heteroatoms. The van der Waals surface area contributed by atoms with Crippen LogP contribution in [0.15, 0.2) is 48.6 Å². The van der Waals surface area contributed by atoms with E-state index in [1.54, 1.807) is 0 Å². The van der Waals surface area contributed by atoms with Gasteiger partial charge in [-0.05, 0) is 77.0 Å². The minimum atomic E-state index is -4.39. The van der Waals surface area contributed by atoms with Crippen LogP contribution in [-0.4, -0.2) is 87.1 Å². The third-order valence-corrected chi connectivity index (χ3v) is 10.7. The molecule has 1 aliphatic rings. The summed E-state index contributed by atoms with van der Waals surface area (Å²) < 4.78 is 40.0. The van der Waals surface area contributed by atoms with Crippen LogP contribution < -0.4 is 0 Å². The van der Waals surface area contributed by atoms with Crippen LogP contribution in [0, 0.1) is 0 Å². The largest absolute Gasteiger partial charge is 0.472 e. The Morgan fingerprint density at radius 1 is 0.632 bits per heavy atom. The first-order valence-corrected chi connectivity index (χ1v) is 24.0. The molecule has 0 spiro atoms. The van der Waals surface area contributed by atoms with Crippen molar-refractivity contribution in [1.82, 2.24) is 0 Å². The summed E-state index contributed by atoms with van der Waals surface area (Å²) in [6.45, 7) is 4.29. The Labute approximate surface area is 348 Å². The number of hydrogen-bond donors (Lipinski definition) is 1. The predicted molar refractivity (Wildman–Crippen MR) is 233 cm³/mol. The molecule has 1 fully saturated rings. The Kier molecular flexibility index (Phi) is 32.3. The molecule has 0 bridgehead atoms. The fourth-order valence-corrected chi connectivity index (χ4v) is 6.78. The van der Waals surface area contributed by atoms with E-state index in [1.165, 1.54) is 70.6 Å². The van der Waals surface area contributed by atoms with Crippen LogP contribution in [-0.2, 0) is 37.4 Å².